The average molecular weight is 488 g/mol. The second-order valence-electron chi connectivity index (χ2n) is 8.71. The van der Waals surface area contributed by atoms with Crippen molar-refractivity contribution in [3.05, 3.63) is 59.8 Å². The summed E-state index contributed by atoms with van der Waals surface area (Å²) in [5.74, 6) is -1.94. The lowest BCUT2D eigenvalue weighted by molar-refractivity contribution is -0.117. The normalized spacial score (nSPS) is 20.3. The Morgan fingerprint density at radius 3 is 2.78 bits per heavy atom. The van der Waals surface area contributed by atoms with E-state index >= 15 is 0 Å². The smallest absolute Gasteiger partial charge is 0.273 e. The molecule has 1 fully saturated rings. The average Bonchev–Trinajstić information content (AvgIpc) is 3.45. The van der Waals surface area contributed by atoms with Gasteiger partial charge >= 0.3 is 0 Å². The summed E-state index contributed by atoms with van der Waals surface area (Å²) >= 11 is 0. The summed E-state index contributed by atoms with van der Waals surface area (Å²) in [6, 6.07) is 8.14. The number of halogens is 1. The molecule has 3 aromatic rings. The molecule has 3 heterocycles. The zero-order valence-corrected chi connectivity index (χ0v) is 19.2. The van der Waals surface area contributed by atoms with Crippen molar-refractivity contribution in [1.29, 1.82) is 5.26 Å². The number of nitrogens with one attached hydrogen (secondary N) is 2. The minimum Gasteiger partial charge on any atom is -0.333 e. The monoisotopic (exact) mass is 488 g/mol. The lowest BCUT2D eigenvalue weighted by atomic mass is 10.1. The highest BCUT2D eigenvalue weighted by Crippen LogP contribution is 2.37. The maximum absolute atomic E-state index is 13.4. The zero-order valence-electron chi connectivity index (χ0n) is 19.2. The van der Waals surface area contributed by atoms with Crippen molar-refractivity contribution in [3.8, 4) is 17.3 Å². The van der Waals surface area contributed by atoms with Gasteiger partial charge in [-0.2, -0.15) is 10.4 Å². The van der Waals surface area contributed by atoms with Crippen molar-refractivity contribution < 1.29 is 18.8 Å². The van der Waals surface area contributed by atoms with E-state index in [0.29, 0.717) is 34.7 Å². The molecule has 2 N–H and O–H groups in total. The highest BCUT2D eigenvalue weighted by molar-refractivity contribution is 6.00. The highest BCUT2D eigenvalue weighted by Gasteiger charge is 2.44. The molecule has 3 atom stereocenters. The Morgan fingerprint density at radius 1 is 1.28 bits per heavy atom. The van der Waals surface area contributed by atoms with Gasteiger partial charge in [0.2, 0.25) is 5.91 Å². The van der Waals surface area contributed by atoms with E-state index in [0.717, 1.165) is 0 Å². The number of hydrogen-bond acceptors (Lipinski definition) is 7. The van der Waals surface area contributed by atoms with E-state index in [2.05, 4.69) is 25.7 Å². The molecule has 0 radical (unpaired) electrons. The number of carbonyl (C=O) groups excluding carboxylic acids is 3. The Labute approximate surface area is 204 Å². The molecule has 3 amide bonds. The van der Waals surface area contributed by atoms with Crippen LogP contribution in [0.1, 0.15) is 45.9 Å². The van der Waals surface area contributed by atoms with Crippen molar-refractivity contribution in [2.75, 3.05) is 18.5 Å². The van der Waals surface area contributed by atoms with Crippen LogP contribution in [0.5, 0.6) is 0 Å². The van der Waals surface area contributed by atoms with Crippen molar-refractivity contribution in [2.45, 2.75) is 25.6 Å². The first-order chi connectivity index (χ1) is 17.4. The van der Waals surface area contributed by atoms with Crippen molar-refractivity contribution in [2.24, 2.45) is 5.92 Å². The molecule has 0 saturated heterocycles. The Balaban J connectivity index is 1.38. The number of hydrogen-bond donors (Lipinski definition) is 2. The Morgan fingerprint density at radius 2 is 2.08 bits per heavy atom. The van der Waals surface area contributed by atoms with Gasteiger partial charge in [0, 0.05) is 24.5 Å². The molecule has 1 aliphatic carbocycles. The molecule has 1 aromatic carbocycles. The van der Waals surface area contributed by atoms with Gasteiger partial charge in [-0.05, 0) is 37.6 Å². The highest BCUT2D eigenvalue weighted by atomic mass is 19.1. The zero-order chi connectivity index (χ0) is 25.4. The number of nitrogens with zero attached hydrogens (tertiary/aromatic N) is 6. The van der Waals surface area contributed by atoms with Gasteiger partial charge in [-0.1, -0.05) is 0 Å². The summed E-state index contributed by atoms with van der Waals surface area (Å²) in [5, 5.41) is 19.2. The van der Waals surface area contributed by atoms with Gasteiger partial charge in [0.05, 0.1) is 47.8 Å². The number of alkyl halides is 1. The fourth-order valence-corrected chi connectivity index (χ4v) is 4.07. The van der Waals surface area contributed by atoms with Crippen LogP contribution in [0.15, 0.2) is 42.9 Å². The van der Waals surface area contributed by atoms with Gasteiger partial charge < -0.3 is 15.5 Å². The van der Waals surface area contributed by atoms with Crippen LogP contribution in [0.3, 0.4) is 0 Å². The maximum atomic E-state index is 13.4. The molecular weight excluding hydrogens is 467 g/mol. The Kier molecular flexibility index (Phi) is 5.89. The lowest BCUT2D eigenvalue weighted by Crippen LogP contribution is -2.47. The Bertz CT molecular complexity index is 1400. The number of aromatic nitrogens is 4. The molecule has 1 aliphatic heterocycles. The summed E-state index contributed by atoms with van der Waals surface area (Å²) in [6.07, 6.45) is 3.21. The van der Waals surface area contributed by atoms with Crippen molar-refractivity contribution in [1.82, 2.24) is 30.0 Å². The standard InChI is InChI=1S/C24H21FN8O3/c1-13-11-32(12-29-23(35)20-10-27-4-5-28-20)24(36)21-8-19(31-33(13)21)15-3-2-14(9-26)6-18(15)30-22(34)16-7-17(16)25/h2-6,8,10,13,16-17H,7,11-12H2,1H3,(H,29,35)(H,30,34)/t13-,16-,17+/m0/s1. The molecule has 12 heteroatoms. The summed E-state index contributed by atoms with van der Waals surface area (Å²) < 4.78 is 15.0. The summed E-state index contributed by atoms with van der Waals surface area (Å²) in [6.45, 7) is 2.17. The van der Waals surface area contributed by atoms with Gasteiger partial charge in [0.15, 0.2) is 0 Å². The number of amides is 3. The van der Waals surface area contributed by atoms with Crippen LogP contribution in [0.4, 0.5) is 10.1 Å². The molecule has 2 aromatic heterocycles. The molecule has 0 bridgehead atoms. The predicted molar refractivity (Wildman–Crippen MR) is 124 cm³/mol. The van der Waals surface area contributed by atoms with Crippen LogP contribution in [0, 0.1) is 17.2 Å². The third kappa shape index (κ3) is 4.38. The van der Waals surface area contributed by atoms with Crippen LogP contribution in [-0.2, 0) is 4.79 Å². The quantitative estimate of drug-likeness (QED) is 0.539. The topological polar surface area (TPSA) is 146 Å². The minimum atomic E-state index is -1.16. The number of carbonyl (C=O) groups is 3. The fraction of sp³-hybridized carbons (Fsp3) is 0.292. The minimum absolute atomic E-state index is 0.0247. The SMILES string of the molecule is C[C@H]1CN(CNC(=O)c2cnccn2)C(=O)c2cc(-c3ccc(C#N)cc3NC(=O)[C@H]3C[C@H]3F)nn21. The van der Waals surface area contributed by atoms with Crippen LogP contribution in [0.25, 0.3) is 11.3 Å². The number of fused-ring (bicyclic) bond motifs is 1. The summed E-state index contributed by atoms with van der Waals surface area (Å²) in [5.41, 5.74) is 2.01. The number of benzene rings is 1. The molecule has 182 valence electrons. The number of rotatable bonds is 6. The van der Waals surface area contributed by atoms with Gasteiger partial charge in [-0.25, -0.2) is 9.37 Å². The molecule has 5 rings (SSSR count). The molecule has 0 unspecified atom stereocenters. The van der Waals surface area contributed by atoms with Crippen LogP contribution in [0.2, 0.25) is 0 Å². The Hall–Kier alpha value is -4.66. The molecule has 11 nitrogen and oxygen atoms in total. The molecule has 0 spiro atoms. The first-order valence-electron chi connectivity index (χ1n) is 11.3. The molecular formula is C24H21FN8O3. The molecule has 1 saturated carbocycles. The van der Waals surface area contributed by atoms with E-state index in [1.807, 2.05) is 13.0 Å². The van der Waals surface area contributed by atoms with Gasteiger partial charge in [0.1, 0.15) is 17.6 Å². The van der Waals surface area contributed by atoms with E-state index in [1.165, 1.54) is 29.6 Å². The van der Waals surface area contributed by atoms with Crippen molar-refractivity contribution in [3.63, 3.8) is 0 Å². The second kappa shape index (κ2) is 9.18. The maximum Gasteiger partial charge on any atom is 0.273 e. The second-order valence-corrected chi connectivity index (χ2v) is 8.71. The molecule has 36 heavy (non-hydrogen) atoms. The number of nitriles is 1. The predicted octanol–water partition coefficient (Wildman–Crippen LogP) is 1.91. The van der Waals surface area contributed by atoms with E-state index in [9.17, 15) is 24.0 Å². The number of anilines is 1. The first-order valence-corrected chi connectivity index (χ1v) is 11.3. The van der Waals surface area contributed by atoms with Gasteiger partial charge in [0.25, 0.3) is 11.8 Å². The van der Waals surface area contributed by atoms with E-state index in [1.54, 1.807) is 22.9 Å². The largest absolute Gasteiger partial charge is 0.333 e. The van der Waals surface area contributed by atoms with Crippen molar-refractivity contribution >= 4 is 23.4 Å². The molecule has 2 aliphatic rings. The third-order valence-corrected chi connectivity index (χ3v) is 6.10. The van der Waals surface area contributed by atoms with E-state index in [4.69, 9.17) is 0 Å². The lowest BCUT2D eigenvalue weighted by Gasteiger charge is -2.31. The van der Waals surface area contributed by atoms with E-state index < -0.39 is 23.9 Å². The van der Waals surface area contributed by atoms with Crippen LogP contribution >= 0.6 is 0 Å². The first kappa shape index (κ1) is 23.1. The van der Waals surface area contributed by atoms with Crippen LogP contribution < -0.4 is 10.6 Å². The summed E-state index contributed by atoms with van der Waals surface area (Å²) in [7, 11) is 0. The summed E-state index contributed by atoms with van der Waals surface area (Å²) in [4.78, 5) is 47.2. The van der Waals surface area contributed by atoms with E-state index in [-0.39, 0.29) is 30.7 Å². The third-order valence-electron chi connectivity index (χ3n) is 6.10. The van der Waals surface area contributed by atoms with Crippen LogP contribution in [-0.4, -0.2) is 61.8 Å². The van der Waals surface area contributed by atoms with Gasteiger partial charge in [-0.3, -0.25) is 24.0 Å². The van der Waals surface area contributed by atoms with Gasteiger partial charge in [-0.15, -0.1) is 0 Å². The fourth-order valence-electron chi connectivity index (χ4n) is 4.07.